The number of amides is 2. The Morgan fingerprint density at radius 2 is 2.04 bits per heavy atom. The van der Waals surface area contributed by atoms with Crippen molar-refractivity contribution in [1.82, 2.24) is 15.5 Å². The second-order valence-electron chi connectivity index (χ2n) is 6.09. The molecule has 0 aliphatic rings. The maximum atomic E-state index is 12.6. The largest absolute Gasteiger partial charge is 0.344 e. The summed E-state index contributed by atoms with van der Waals surface area (Å²) in [5.41, 5.74) is 0.838. The molecule has 0 aliphatic carbocycles. The molecular formula is C18H23ClN4O2S. The van der Waals surface area contributed by atoms with Crippen LogP contribution in [0.5, 0.6) is 0 Å². The third kappa shape index (κ3) is 5.51. The Hall–Kier alpha value is -1.99. The van der Waals surface area contributed by atoms with Gasteiger partial charge >= 0.3 is 0 Å². The van der Waals surface area contributed by atoms with E-state index >= 15 is 0 Å². The van der Waals surface area contributed by atoms with Crippen LogP contribution in [0.25, 0.3) is 10.6 Å². The molecule has 2 atom stereocenters. The van der Waals surface area contributed by atoms with Gasteiger partial charge in [0.2, 0.25) is 16.9 Å². The van der Waals surface area contributed by atoms with Crippen LogP contribution in [0.4, 0.5) is 5.13 Å². The van der Waals surface area contributed by atoms with Gasteiger partial charge in [-0.2, -0.15) is 0 Å². The average Bonchev–Trinajstić information content (AvgIpc) is 3.07. The number of hydrogen-bond acceptors (Lipinski definition) is 5. The molecule has 0 unspecified atom stereocenters. The van der Waals surface area contributed by atoms with Crippen molar-refractivity contribution in [2.24, 2.45) is 5.92 Å². The average molecular weight is 395 g/mol. The van der Waals surface area contributed by atoms with Crippen LogP contribution in [0.15, 0.2) is 24.3 Å². The Balaban J connectivity index is 2.10. The van der Waals surface area contributed by atoms with Crippen LogP contribution in [0.2, 0.25) is 5.02 Å². The Labute approximate surface area is 162 Å². The zero-order valence-electron chi connectivity index (χ0n) is 15.1. The van der Waals surface area contributed by atoms with E-state index < -0.39 is 6.04 Å². The molecule has 2 rings (SSSR count). The van der Waals surface area contributed by atoms with Crippen molar-refractivity contribution in [3.05, 3.63) is 29.3 Å². The smallest absolute Gasteiger partial charge is 0.249 e. The third-order valence-corrected chi connectivity index (χ3v) is 5.14. The first-order valence-electron chi connectivity index (χ1n) is 8.64. The quantitative estimate of drug-likeness (QED) is 0.705. The van der Waals surface area contributed by atoms with Crippen LogP contribution >= 0.6 is 22.9 Å². The van der Waals surface area contributed by atoms with E-state index in [-0.39, 0.29) is 17.7 Å². The predicted octanol–water partition coefficient (Wildman–Crippen LogP) is 4.13. The molecule has 2 N–H and O–H groups in total. The lowest BCUT2D eigenvalue weighted by Gasteiger charge is -2.22. The minimum Gasteiger partial charge on any atom is -0.344 e. The summed E-state index contributed by atoms with van der Waals surface area (Å²) in [5.74, 6) is -0.390. The maximum absolute atomic E-state index is 12.6. The fraction of sp³-hybridized carbons (Fsp3) is 0.444. The molecular weight excluding hydrogens is 372 g/mol. The molecule has 6 nitrogen and oxygen atoms in total. The maximum Gasteiger partial charge on any atom is 0.249 e. The fourth-order valence-electron chi connectivity index (χ4n) is 2.37. The molecule has 1 heterocycles. The number of anilines is 1. The summed E-state index contributed by atoms with van der Waals surface area (Å²) in [6.07, 6.45) is 1.91. The van der Waals surface area contributed by atoms with Gasteiger partial charge in [-0.1, -0.05) is 62.3 Å². The lowest BCUT2D eigenvalue weighted by atomic mass is 9.98. The number of aromatic nitrogens is 2. The number of nitrogens with zero attached hydrogens (tertiary/aromatic N) is 2. The van der Waals surface area contributed by atoms with Crippen LogP contribution in [0.1, 0.15) is 40.0 Å². The van der Waals surface area contributed by atoms with Gasteiger partial charge in [-0.3, -0.25) is 14.9 Å². The molecule has 26 heavy (non-hydrogen) atoms. The third-order valence-electron chi connectivity index (χ3n) is 4.02. The van der Waals surface area contributed by atoms with Gasteiger partial charge in [0.05, 0.1) is 0 Å². The van der Waals surface area contributed by atoms with Crippen LogP contribution in [0, 0.1) is 5.92 Å². The van der Waals surface area contributed by atoms with Gasteiger partial charge in [0.25, 0.3) is 0 Å². The first-order chi connectivity index (χ1) is 12.4. The molecule has 2 aromatic rings. The van der Waals surface area contributed by atoms with Crippen molar-refractivity contribution in [3.63, 3.8) is 0 Å². The highest BCUT2D eigenvalue weighted by atomic mass is 35.5. The molecule has 0 saturated heterocycles. The van der Waals surface area contributed by atoms with E-state index in [1.807, 2.05) is 32.9 Å². The number of benzene rings is 1. The number of carbonyl (C=O) groups excluding carboxylic acids is 2. The van der Waals surface area contributed by atoms with Crippen LogP contribution in [-0.2, 0) is 9.59 Å². The van der Waals surface area contributed by atoms with Crippen LogP contribution in [0.3, 0.4) is 0 Å². The van der Waals surface area contributed by atoms with E-state index in [2.05, 4.69) is 20.8 Å². The normalized spacial score (nSPS) is 13.1. The Kier molecular flexibility index (Phi) is 7.53. The Bertz CT molecular complexity index is 765. The molecule has 140 valence electrons. The summed E-state index contributed by atoms with van der Waals surface area (Å²) in [7, 11) is 0. The molecule has 0 fully saturated rings. The molecule has 0 saturated carbocycles. The van der Waals surface area contributed by atoms with E-state index in [4.69, 9.17) is 11.6 Å². The van der Waals surface area contributed by atoms with Gasteiger partial charge in [-0.05, 0) is 24.5 Å². The van der Waals surface area contributed by atoms with Crippen molar-refractivity contribution in [2.45, 2.75) is 46.1 Å². The van der Waals surface area contributed by atoms with E-state index in [0.29, 0.717) is 21.6 Å². The standard InChI is InChI=1S/C18H23ClN4O2S/c1-4-7-14(24)20-15(11(3)5-2)16(25)21-18-23-22-17(26-18)12-8-6-9-13(19)10-12/h6,8-11,15H,4-5,7H2,1-3H3,(H,20,24)(H,21,23,25)/t11-,15+/m0/s1. The number of halogens is 1. The van der Waals surface area contributed by atoms with Crippen molar-refractivity contribution >= 4 is 39.9 Å². The van der Waals surface area contributed by atoms with Gasteiger partial charge in [0.1, 0.15) is 11.0 Å². The van der Waals surface area contributed by atoms with E-state index in [9.17, 15) is 9.59 Å². The van der Waals surface area contributed by atoms with Gasteiger partial charge in [0, 0.05) is 17.0 Å². The molecule has 0 spiro atoms. The lowest BCUT2D eigenvalue weighted by molar-refractivity contribution is -0.127. The van der Waals surface area contributed by atoms with Gasteiger partial charge in [0.15, 0.2) is 0 Å². The molecule has 2 amide bonds. The summed E-state index contributed by atoms with van der Waals surface area (Å²) in [4.78, 5) is 24.6. The van der Waals surface area contributed by atoms with Crippen molar-refractivity contribution in [3.8, 4) is 10.6 Å². The van der Waals surface area contributed by atoms with Gasteiger partial charge < -0.3 is 5.32 Å². The molecule has 1 aromatic carbocycles. The highest BCUT2D eigenvalue weighted by Crippen LogP contribution is 2.28. The Morgan fingerprint density at radius 1 is 1.27 bits per heavy atom. The second-order valence-corrected chi connectivity index (χ2v) is 7.51. The minimum atomic E-state index is -0.599. The molecule has 0 radical (unpaired) electrons. The minimum absolute atomic E-state index is 0.0103. The zero-order valence-corrected chi connectivity index (χ0v) is 16.7. The number of hydrogen-bond donors (Lipinski definition) is 2. The zero-order chi connectivity index (χ0) is 19.1. The molecule has 0 aliphatic heterocycles. The van der Waals surface area contributed by atoms with E-state index in [1.54, 1.807) is 12.1 Å². The summed E-state index contributed by atoms with van der Waals surface area (Å²) < 4.78 is 0. The SMILES string of the molecule is CCCC(=O)N[C@@H](C(=O)Nc1nnc(-c2cccc(Cl)c2)s1)[C@@H](C)CC. The Morgan fingerprint density at radius 3 is 2.69 bits per heavy atom. The predicted molar refractivity (Wildman–Crippen MR) is 105 cm³/mol. The highest BCUT2D eigenvalue weighted by Gasteiger charge is 2.26. The lowest BCUT2D eigenvalue weighted by Crippen LogP contribution is -2.47. The van der Waals surface area contributed by atoms with Gasteiger partial charge in [-0.25, -0.2) is 0 Å². The first-order valence-corrected chi connectivity index (χ1v) is 9.83. The molecule has 0 bridgehead atoms. The first kappa shape index (κ1) is 20.3. The van der Waals surface area contributed by atoms with Crippen LogP contribution in [-0.4, -0.2) is 28.1 Å². The molecule has 8 heteroatoms. The summed E-state index contributed by atoms with van der Waals surface area (Å²) >= 11 is 7.26. The number of rotatable bonds is 8. The van der Waals surface area contributed by atoms with Crippen molar-refractivity contribution < 1.29 is 9.59 Å². The van der Waals surface area contributed by atoms with E-state index in [1.165, 1.54) is 11.3 Å². The van der Waals surface area contributed by atoms with Crippen molar-refractivity contribution in [1.29, 1.82) is 0 Å². The van der Waals surface area contributed by atoms with Crippen molar-refractivity contribution in [2.75, 3.05) is 5.32 Å². The van der Waals surface area contributed by atoms with Gasteiger partial charge in [-0.15, -0.1) is 10.2 Å². The summed E-state index contributed by atoms with van der Waals surface area (Å²) in [6.45, 7) is 5.85. The highest BCUT2D eigenvalue weighted by molar-refractivity contribution is 7.18. The van der Waals surface area contributed by atoms with E-state index in [0.717, 1.165) is 18.4 Å². The molecule has 1 aromatic heterocycles. The topological polar surface area (TPSA) is 84.0 Å². The fourth-order valence-corrected chi connectivity index (χ4v) is 3.30. The van der Waals surface area contributed by atoms with Crippen LogP contribution < -0.4 is 10.6 Å². The second kappa shape index (κ2) is 9.64. The number of nitrogens with one attached hydrogen (secondary N) is 2. The monoisotopic (exact) mass is 394 g/mol. The summed E-state index contributed by atoms with van der Waals surface area (Å²) in [6, 6.07) is 6.69. The number of carbonyl (C=O) groups is 2. The summed E-state index contributed by atoms with van der Waals surface area (Å²) in [5, 5.41) is 15.4.